The molecule has 2 fully saturated rings. The summed E-state index contributed by atoms with van der Waals surface area (Å²) in [6.45, 7) is 4.65. The second-order valence-corrected chi connectivity index (χ2v) is 10.6. The molecule has 3 atom stereocenters. The summed E-state index contributed by atoms with van der Waals surface area (Å²) < 4.78 is 28.8. The monoisotopic (exact) mass is 479 g/mol. The molecule has 1 aromatic carbocycles. The van der Waals surface area contributed by atoms with E-state index in [1.807, 2.05) is 18.2 Å². The van der Waals surface area contributed by atoms with Gasteiger partial charge in [-0.3, -0.25) is 9.78 Å². The summed E-state index contributed by atoms with van der Waals surface area (Å²) in [5.74, 6) is -0.418. The molecule has 1 aromatic heterocycles. The molecule has 0 spiro atoms. The standard InChI is InChI=1S/C22H23Cl2N3O3S/c1-2-15-13-26(14-18-6-3-4-9-25-18)22(28)21-8-5-7-20(15)27(21)31(29,30)19-11-16(23)10-17(24)12-19/h2-4,6,9-12,15,20-21H,1,5,7-8,13-14H2. The van der Waals surface area contributed by atoms with E-state index < -0.39 is 16.1 Å². The van der Waals surface area contributed by atoms with Crippen molar-refractivity contribution >= 4 is 39.1 Å². The lowest BCUT2D eigenvalue weighted by molar-refractivity contribution is -0.135. The summed E-state index contributed by atoms with van der Waals surface area (Å²) >= 11 is 12.2. The quantitative estimate of drug-likeness (QED) is 0.603. The van der Waals surface area contributed by atoms with Crippen molar-refractivity contribution in [2.24, 2.45) is 5.92 Å². The first-order valence-electron chi connectivity index (χ1n) is 10.1. The van der Waals surface area contributed by atoms with Gasteiger partial charge in [-0.1, -0.05) is 35.3 Å². The fourth-order valence-electron chi connectivity index (χ4n) is 4.52. The summed E-state index contributed by atoms with van der Waals surface area (Å²) in [6, 6.07) is 8.63. The highest BCUT2D eigenvalue weighted by Gasteiger charge is 2.49. The van der Waals surface area contributed by atoms with Gasteiger partial charge in [0.1, 0.15) is 6.04 Å². The minimum absolute atomic E-state index is 0.00399. The van der Waals surface area contributed by atoms with Gasteiger partial charge < -0.3 is 4.90 Å². The van der Waals surface area contributed by atoms with Gasteiger partial charge >= 0.3 is 0 Å². The number of benzene rings is 1. The Labute approximate surface area is 192 Å². The first kappa shape index (κ1) is 22.3. The third-order valence-corrected chi connectivity index (χ3v) is 8.28. The van der Waals surface area contributed by atoms with Crippen LogP contribution in [0.3, 0.4) is 0 Å². The molecule has 164 valence electrons. The lowest BCUT2D eigenvalue weighted by atomic mass is 9.90. The molecule has 31 heavy (non-hydrogen) atoms. The number of aromatic nitrogens is 1. The van der Waals surface area contributed by atoms with Crippen molar-refractivity contribution in [1.29, 1.82) is 0 Å². The molecular formula is C22H23Cl2N3O3S. The molecule has 3 unspecified atom stereocenters. The van der Waals surface area contributed by atoms with E-state index in [0.29, 0.717) is 25.9 Å². The predicted octanol–water partition coefficient (Wildman–Crippen LogP) is 4.14. The van der Waals surface area contributed by atoms with Gasteiger partial charge in [-0.05, 0) is 49.6 Å². The molecular weight excluding hydrogens is 457 g/mol. The summed E-state index contributed by atoms with van der Waals surface area (Å²) in [5.41, 5.74) is 0.756. The number of pyridine rings is 1. The Morgan fingerprint density at radius 3 is 2.55 bits per heavy atom. The summed E-state index contributed by atoms with van der Waals surface area (Å²) in [5, 5.41) is 0.462. The first-order chi connectivity index (χ1) is 14.8. The van der Waals surface area contributed by atoms with Crippen molar-refractivity contribution in [3.63, 3.8) is 0 Å². The molecule has 0 radical (unpaired) electrons. The third kappa shape index (κ3) is 4.37. The van der Waals surface area contributed by atoms with E-state index in [0.717, 1.165) is 12.1 Å². The van der Waals surface area contributed by atoms with Gasteiger partial charge in [0.25, 0.3) is 0 Å². The fraction of sp³-hybridized carbons (Fsp3) is 0.364. The molecule has 2 aliphatic heterocycles. The van der Waals surface area contributed by atoms with Crippen LogP contribution in [0.2, 0.25) is 10.0 Å². The molecule has 9 heteroatoms. The Kier molecular flexibility index (Phi) is 6.40. The summed E-state index contributed by atoms with van der Waals surface area (Å²) in [6.07, 6.45) is 5.33. The highest BCUT2D eigenvalue weighted by molar-refractivity contribution is 7.89. The maximum absolute atomic E-state index is 13.7. The number of fused-ring (bicyclic) bond motifs is 2. The van der Waals surface area contributed by atoms with Crippen molar-refractivity contribution in [3.8, 4) is 0 Å². The molecule has 0 N–H and O–H groups in total. The highest BCUT2D eigenvalue weighted by Crippen LogP contribution is 2.38. The van der Waals surface area contributed by atoms with Crippen molar-refractivity contribution in [2.45, 2.75) is 42.8 Å². The Morgan fingerprint density at radius 1 is 1.16 bits per heavy atom. The Balaban J connectivity index is 1.76. The van der Waals surface area contributed by atoms with E-state index in [4.69, 9.17) is 23.2 Å². The zero-order valence-electron chi connectivity index (χ0n) is 16.8. The predicted molar refractivity (Wildman–Crippen MR) is 120 cm³/mol. The molecule has 1 amide bonds. The van der Waals surface area contributed by atoms with Crippen LogP contribution in [0.4, 0.5) is 0 Å². The van der Waals surface area contributed by atoms with Crippen LogP contribution in [0.5, 0.6) is 0 Å². The van der Waals surface area contributed by atoms with E-state index in [-0.39, 0.29) is 32.8 Å². The molecule has 2 aliphatic rings. The van der Waals surface area contributed by atoms with Gasteiger partial charge in [-0.25, -0.2) is 8.42 Å². The Hall–Kier alpha value is -1.93. The van der Waals surface area contributed by atoms with Crippen molar-refractivity contribution in [3.05, 3.63) is 71.0 Å². The topological polar surface area (TPSA) is 70.6 Å². The number of hydrogen-bond acceptors (Lipinski definition) is 4. The van der Waals surface area contributed by atoms with Crippen molar-refractivity contribution in [2.75, 3.05) is 6.54 Å². The third-order valence-electron chi connectivity index (χ3n) is 5.93. The molecule has 2 aromatic rings. The van der Waals surface area contributed by atoms with Crippen molar-refractivity contribution < 1.29 is 13.2 Å². The molecule has 4 rings (SSSR count). The first-order valence-corrected chi connectivity index (χ1v) is 12.3. The molecule has 0 aliphatic carbocycles. The second kappa shape index (κ2) is 8.90. The van der Waals surface area contributed by atoms with Crippen LogP contribution < -0.4 is 0 Å². The van der Waals surface area contributed by atoms with E-state index in [9.17, 15) is 13.2 Å². The highest BCUT2D eigenvalue weighted by atomic mass is 35.5. The largest absolute Gasteiger partial charge is 0.335 e. The average molecular weight is 480 g/mol. The maximum atomic E-state index is 13.7. The smallest absolute Gasteiger partial charge is 0.244 e. The Bertz CT molecular complexity index is 1070. The van der Waals surface area contributed by atoms with Crippen LogP contribution >= 0.6 is 23.2 Å². The number of halogens is 2. The second-order valence-electron chi connectivity index (χ2n) is 7.89. The SMILES string of the molecule is C=CC1CN(Cc2ccccn2)C(=O)C2CCCC1N2S(=O)(=O)c1cc(Cl)cc(Cl)c1. The van der Waals surface area contributed by atoms with E-state index >= 15 is 0 Å². The summed E-state index contributed by atoms with van der Waals surface area (Å²) in [7, 11) is -4.01. The van der Waals surface area contributed by atoms with Gasteiger partial charge in [0.15, 0.2) is 0 Å². The number of amides is 1. The van der Waals surface area contributed by atoms with Gasteiger partial charge in [-0.15, -0.1) is 6.58 Å². The number of carbonyl (C=O) groups excluding carboxylic acids is 1. The Morgan fingerprint density at radius 2 is 1.90 bits per heavy atom. The van der Waals surface area contributed by atoms with Crippen molar-refractivity contribution in [1.82, 2.24) is 14.2 Å². The molecule has 2 saturated heterocycles. The maximum Gasteiger partial charge on any atom is 0.244 e. The van der Waals surface area contributed by atoms with Crippen LogP contribution in [-0.2, 0) is 21.4 Å². The van der Waals surface area contributed by atoms with Gasteiger partial charge in [0, 0.05) is 34.7 Å². The average Bonchev–Trinajstić information content (AvgIpc) is 2.81. The zero-order chi connectivity index (χ0) is 22.2. The summed E-state index contributed by atoms with van der Waals surface area (Å²) in [4.78, 5) is 19.6. The number of rotatable bonds is 5. The van der Waals surface area contributed by atoms with Crippen LogP contribution in [0, 0.1) is 5.92 Å². The molecule has 0 saturated carbocycles. The zero-order valence-corrected chi connectivity index (χ0v) is 19.2. The van der Waals surface area contributed by atoms with Crippen LogP contribution in [0.1, 0.15) is 25.0 Å². The lowest BCUT2D eigenvalue weighted by Gasteiger charge is -2.40. The number of hydrogen-bond donors (Lipinski definition) is 0. The van der Waals surface area contributed by atoms with Gasteiger partial charge in [0.05, 0.1) is 17.1 Å². The molecule has 3 heterocycles. The van der Waals surface area contributed by atoms with E-state index in [1.165, 1.54) is 22.5 Å². The molecule has 6 nitrogen and oxygen atoms in total. The minimum Gasteiger partial charge on any atom is -0.335 e. The minimum atomic E-state index is -4.01. The normalized spacial score (nSPS) is 24.6. The van der Waals surface area contributed by atoms with E-state index in [1.54, 1.807) is 17.2 Å². The fourth-order valence-corrected chi connectivity index (χ4v) is 7.12. The van der Waals surface area contributed by atoms with Crippen LogP contribution in [0.15, 0.2) is 60.1 Å². The van der Waals surface area contributed by atoms with Gasteiger partial charge in [-0.2, -0.15) is 4.31 Å². The number of nitrogens with zero attached hydrogens (tertiary/aromatic N) is 3. The number of sulfonamides is 1. The van der Waals surface area contributed by atoms with Crippen LogP contribution in [0.25, 0.3) is 0 Å². The van der Waals surface area contributed by atoms with Gasteiger partial charge in [0.2, 0.25) is 15.9 Å². The number of carbonyl (C=O) groups is 1. The lowest BCUT2D eigenvalue weighted by Crippen LogP contribution is -2.54. The van der Waals surface area contributed by atoms with E-state index in [2.05, 4.69) is 11.6 Å². The number of piperidine rings is 1. The molecule has 2 bridgehead atoms. The van der Waals surface area contributed by atoms with Crippen LogP contribution in [-0.4, -0.2) is 47.1 Å².